The highest BCUT2D eigenvalue weighted by Gasteiger charge is 2.39. The van der Waals surface area contributed by atoms with Crippen LogP contribution >= 0.6 is 0 Å². The Labute approximate surface area is 172 Å². The van der Waals surface area contributed by atoms with Crippen molar-refractivity contribution in [2.45, 2.75) is 109 Å². The molecule has 4 rings (SSSR count). The van der Waals surface area contributed by atoms with Crippen LogP contribution in [0.5, 0.6) is 0 Å². The summed E-state index contributed by atoms with van der Waals surface area (Å²) in [6, 6.07) is 0. The first-order valence-electron chi connectivity index (χ1n) is 12.4. The van der Waals surface area contributed by atoms with E-state index in [0.717, 1.165) is 30.6 Å². The van der Waals surface area contributed by atoms with Crippen molar-refractivity contribution in [3.05, 3.63) is 23.8 Å². The van der Waals surface area contributed by atoms with Gasteiger partial charge >= 0.3 is 0 Å². The maximum absolute atomic E-state index is 11.0. The molecule has 158 valence electrons. The number of aliphatic hydroxyl groups excluding tert-OH is 2. The molecule has 0 aromatic carbocycles. The average Bonchev–Trinajstić information content (AvgIpc) is 2.74. The molecule has 0 heterocycles. The second-order valence-electron chi connectivity index (χ2n) is 10.5. The zero-order valence-electron chi connectivity index (χ0n) is 17.8. The standard InChI is InChI=1S/C26H42O2/c27-25(18-26(28)24-12-6-10-21-9-4-5-11-23(21)24)22-15-13-20(14-16-22)17-19-7-2-1-3-8-19/h1-2,7,20-28H,3-6,8-18H2. The van der Waals surface area contributed by atoms with Crippen molar-refractivity contribution in [3.8, 4) is 0 Å². The molecular formula is C26H42O2. The maximum atomic E-state index is 11.0. The average molecular weight is 387 g/mol. The van der Waals surface area contributed by atoms with E-state index in [1.807, 2.05) is 0 Å². The predicted octanol–water partition coefficient (Wildman–Crippen LogP) is 6.18. The minimum absolute atomic E-state index is 0.280. The number of aliphatic hydroxyl groups is 2. The lowest BCUT2D eigenvalue weighted by Gasteiger charge is -2.44. The summed E-state index contributed by atoms with van der Waals surface area (Å²) in [5.41, 5.74) is 1.63. The van der Waals surface area contributed by atoms with E-state index in [-0.39, 0.29) is 12.2 Å². The van der Waals surface area contributed by atoms with Crippen molar-refractivity contribution in [2.75, 3.05) is 0 Å². The number of hydrogen-bond acceptors (Lipinski definition) is 2. The zero-order chi connectivity index (χ0) is 19.3. The number of allylic oxidation sites excluding steroid dienone is 4. The first-order valence-corrected chi connectivity index (χ1v) is 12.4. The van der Waals surface area contributed by atoms with Gasteiger partial charge in [-0.15, -0.1) is 0 Å². The molecule has 0 spiro atoms. The van der Waals surface area contributed by atoms with E-state index in [1.165, 1.54) is 77.0 Å². The quantitative estimate of drug-likeness (QED) is 0.572. The maximum Gasteiger partial charge on any atom is 0.0595 e. The Kier molecular flexibility index (Phi) is 7.33. The molecule has 4 aliphatic carbocycles. The van der Waals surface area contributed by atoms with E-state index in [9.17, 15) is 10.2 Å². The van der Waals surface area contributed by atoms with Gasteiger partial charge in [0.1, 0.15) is 0 Å². The van der Waals surface area contributed by atoms with Gasteiger partial charge in [0.25, 0.3) is 0 Å². The molecule has 5 atom stereocenters. The van der Waals surface area contributed by atoms with Crippen LogP contribution < -0.4 is 0 Å². The predicted molar refractivity (Wildman–Crippen MR) is 116 cm³/mol. The van der Waals surface area contributed by atoms with Gasteiger partial charge in [0.15, 0.2) is 0 Å². The summed E-state index contributed by atoms with van der Waals surface area (Å²) in [5.74, 6) is 3.28. The lowest BCUT2D eigenvalue weighted by Crippen LogP contribution is -2.40. The van der Waals surface area contributed by atoms with Gasteiger partial charge in [0.2, 0.25) is 0 Å². The molecule has 0 bridgehead atoms. The van der Waals surface area contributed by atoms with Crippen LogP contribution in [0.4, 0.5) is 0 Å². The molecule has 0 aliphatic heterocycles. The summed E-state index contributed by atoms with van der Waals surface area (Å²) < 4.78 is 0. The molecule has 0 amide bonds. The molecular weight excluding hydrogens is 344 g/mol. The van der Waals surface area contributed by atoms with Gasteiger partial charge in [0, 0.05) is 0 Å². The fourth-order valence-corrected chi connectivity index (χ4v) is 7.05. The Bertz CT molecular complexity index is 541. The summed E-state index contributed by atoms with van der Waals surface area (Å²) in [6.07, 6.45) is 24.7. The van der Waals surface area contributed by atoms with E-state index >= 15 is 0 Å². The van der Waals surface area contributed by atoms with Gasteiger partial charge in [-0.1, -0.05) is 55.9 Å². The molecule has 2 N–H and O–H groups in total. The van der Waals surface area contributed by atoms with Gasteiger partial charge < -0.3 is 10.2 Å². The van der Waals surface area contributed by atoms with Gasteiger partial charge in [-0.25, -0.2) is 0 Å². The second kappa shape index (κ2) is 9.94. The van der Waals surface area contributed by atoms with E-state index < -0.39 is 0 Å². The largest absolute Gasteiger partial charge is 0.393 e. The Morgan fingerprint density at radius 3 is 2.43 bits per heavy atom. The zero-order valence-corrected chi connectivity index (χ0v) is 17.8. The van der Waals surface area contributed by atoms with Crippen molar-refractivity contribution < 1.29 is 10.2 Å². The van der Waals surface area contributed by atoms with Gasteiger partial charge in [-0.3, -0.25) is 0 Å². The molecule has 2 nitrogen and oxygen atoms in total. The lowest BCUT2D eigenvalue weighted by atomic mass is 9.63. The van der Waals surface area contributed by atoms with Crippen LogP contribution in [0.15, 0.2) is 23.8 Å². The molecule has 4 aliphatic rings. The summed E-state index contributed by atoms with van der Waals surface area (Å²) in [5, 5.41) is 21.9. The van der Waals surface area contributed by atoms with Gasteiger partial charge in [-0.2, -0.15) is 0 Å². The van der Waals surface area contributed by atoms with Crippen molar-refractivity contribution in [1.29, 1.82) is 0 Å². The van der Waals surface area contributed by atoms with E-state index in [0.29, 0.717) is 18.3 Å². The van der Waals surface area contributed by atoms with E-state index in [2.05, 4.69) is 18.2 Å². The van der Waals surface area contributed by atoms with E-state index in [4.69, 9.17) is 0 Å². The third-order valence-corrected chi connectivity index (χ3v) is 8.69. The Morgan fingerprint density at radius 2 is 1.64 bits per heavy atom. The number of rotatable bonds is 6. The molecule has 2 heteroatoms. The highest BCUT2D eigenvalue weighted by Crippen LogP contribution is 2.46. The van der Waals surface area contributed by atoms with Crippen molar-refractivity contribution in [2.24, 2.45) is 29.6 Å². The van der Waals surface area contributed by atoms with Crippen LogP contribution in [0, 0.1) is 29.6 Å². The summed E-state index contributed by atoms with van der Waals surface area (Å²) in [7, 11) is 0. The monoisotopic (exact) mass is 386 g/mol. The van der Waals surface area contributed by atoms with Crippen LogP contribution in [0.3, 0.4) is 0 Å². The van der Waals surface area contributed by atoms with Crippen LogP contribution in [0.1, 0.15) is 96.3 Å². The summed E-state index contributed by atoms with van der Waals surface area (Å²) >= 11 is 0. The third-order valence-electron chi connectivity index (χ3n) is 8.69. The second-order valence-corrected chi connectivity index (χ2v) is 10.5. The smallest absolute Gasteiger partial charge is 0.0595 e. The van der Waals surface area contributed by atoms with Crippen LogP contribution in [0.2, 0.25) is 0 Å². The minimum Gasteiger partial charge on any atom is -0.393 e. The van der Waals surface area contributed by atoms with Crippen molar-refractivity contribution in [3.63, 3.8) is 0 Å². The molecule has 0 saturated heterocycles. The summed E-state index contributed by atoms with van der Waals surface area (Å²) in [6.45, 7) is 0. The fourth-order valence-electron chi connectivity index (χ4n) is 7.05. The normalized spacial score (nSPS) is 38.4. The van der Waals surface area contributed by atoms with Gasteiger partial charge in [0.05, 0.1) is 12.2 Å². The van der Waals surface area contributed by atoms with Crippen LogP contribution in [-0.4, -0.2) is 22.4 Å². The molecule has 28 heavy (non-hydrogen) atoms. The molecule has 5 unspecified atom stereocenters. The van der Waals surface area contributed by atoms with Crippen LogP contribution in [0.25, 0.3) is 0 Å². The fraction of sp³-hybridized carbons (Fsp3) is 0.846. The SMILES string of the molecule is OC(CC(O)C1CCCC2CCCCC21)C1CCC(CC2=CC=CCC2)CC1. The minimum atomic E-state index is -0.295. The molecule has 0 radical (unpaired) electrons. The van der Waals surface area contributed by atoms with Crippen LogP contribution in [-0.2, 0) is 0 Å². The van der Waals surface area contributed by atoms with Gasteiger partial charge in [-0.05, 0) is 93.8 Å². The molecule has 3 fully saturated rings. The number of fused-ring (bicyclic) bond motifs is 1. The van der Waals surface area contributed by atoms with Crippen molar-refractivity contribution >= 4 is 0 Å². The first-order chi connectivity index (χ1) is 13.7. The summed E-state index contributed by atoms with van der Waals surface area (Å²) in [4.78, 5) is 0. The topological polar surface area (TPSA) is 40.5 Å². The Hall–Kier alpha value is -0.600. The lowest BCUT2D eigenvalue weighted by molar-refractivity contribution is -0.0374. The highest BCUT2D eigenvalue weighted by atomic mass is 16.3. The number of hydrogen-bond donors (Lipinski definition) is 2. The highest BCUT2D eigenvalue weighted by molar-refractivity contribution is 5.18. The molecule has 3 saturated carbocycles. The Morgan fingerprint density at radius 1 is 0.857 bits per heavy atom. The molecule has 0 aromatic rings. The third kappa shape index (κ3) is 5.11. The van der Waals surface area contributed by atoms with E-state index in [1.54, 1.807) is 5.57 Å². The Balaban J connectivity index is 1.23. The molecule has 0 aromatic heterocycles. The van der Waals surface area contributed by atoms with Crippen molar-refractivity contribution in [1.82, 2.24) is 0 Å². The first kappa shape index (κ1) is 20.7.